The monoisotopic (exact) mass is 528 g/mol. The van der Waals surface area contributed by atoms with E-state index in [0.717, 1.165) is 5.56 Å². The molecule has 0 fully saturated rings. The van der Waals surface area contributed by atoms with Crippen LogP contribution in [-0.2, 0) is 27.0 Å². The van der Waals surface area contributed by atoms with Crippen LogP contribution < -0.4 is 9.47 Å². The Morgan fingerprint density at radius 2 is 1.78 bits per heavy atom. The largest absolute Gasteiger partial charge is 0.487 e. The van der Waals surface area contributed by atoms with Gasteiger partial charge < -0.3 is 18.6 Å². The number of ether oxygens (including phenoxy) is 3. The molecule has 0 aliphatic carbocycles. The number of para-hydroxylation sites is 1. The minimum Gasteiger partial charge on any atom is -0.487 e. The normalized spacial score (nSPS) is 13.2. The van der Waals surface area contributed by atoms with Crippen LogP contribution in [0, 0.1) is 0 Å². The van der Waals surface area contributed by atoms with Crippen LogP contribution in [0.3, 0.4) is 0 Å². The number of aromatic nitrogens is 2. The van der Waals surface area contributed by atoms with Gasteiger partial charge in [-0.3, -0.25) is 0 Å². The molecule has 1 aromatic carbocycles. The number of nitrogens with zero attached hydrogens (tertiary/aromatic N) is 2. The molecule has 0 N–H and O–H groups in total. The van der Waals surface area contributed by atoms with Gasteiger partial charge in [0.25, 0.3) is 0 Å². The summed E-state index contributed by atoms with van der Waals surface area (Å²) in [5.74, 6) is 0.109. The Labute approximate surface area is 211 Å². The summed E-state index contributed by atoms with van der Waals surface area (Å²) in [6.07, 6.45) is -4.55. The summed E-state index contributed by atoms with van der Waals surface area (Å²) in [4.78, 5) is 20.7. The van der Waals surface area contributed by atoms with Crippen molar-refractivity contribution in [2.45, 2.75) is 77.6 Å². The van der Waals surface area contributed by atoms with Crippen molar-refractivity contribution < 1.29 is 36.6 Å². The van der Waals surface area contributed by atoms with Crippen LogP contribution in [0.4, 0.5) is 13.2 Å². The Morgan fingerprint density at radius 3 is 2.42 bits per heavy atom. The molecular formula is C25H35F3N2O5Si. The highest BCUT2D eigenvalue weighted by Crippen LogP contribution is 2.38. The Morgan fingerprint density at radius 1 is 1.08 bits per heavy atom. The zero-order valence-corrected chi connectivity index (χ0v) is 22.6. The highest BCUT2D eigenvalue weighted by atomic mass is 28.4. The molecule has 200 valence electrons. The first-order valence-electron chi connectivity index (χ1n) is 11.8. The standard InChI is InChI=1S/C25H35F3N2O5Si/c1-7-32-22(31)21(35-36(5,6)24(2,3)4)16-18-10-8-9-11-20(18)34-17-19-12-14-29-23(30-19)33-15-13-25(26,27)28/h8-12,14,21H,7,13,15-17H2,1-6H3/t21-/m0/s1. The molecule has 0 saturated heterocycles. The van der Waals surface area contributed by atoms with Gasteiger partial charge in [-0.1, -0.05) is 39.0 Å². The Hall–Kier alpha value is -2.66. The molecule has 11 heteroatoms. The van der Waals surface area contributed by atoms with E-state index in [1.165, 1.54) is 6.20 Å². The summed E-state index contributed by atoms with van der Waals surface area (Å²) < 4.78 is 59.7. The fourth-order valence-electron chi connectivity index (χ4n) is 2.89. The van der Waals surface area contributed by atoms with Crippen molar-refractivity contribution in [3.05, 3.63) is 47.8 Å². The van der Waals surface area contributed by atoms with E-state index >= 15 is 0 Å². The number of esters is 1. The minimum atomic E-state index is -4.32. The SMILES string of the molecule is CCOC(=O)[C@H](Cc1ccccc1OCc1ccnc(OCCC(F)(F)F)n1)O[Si](C)(C)C(C)(C)C. The van der Waals surface area contributed by atoms with E-state index < -0.39 is 39.6 Å². The first kappa shape index (κ1) is 29.6. The van der Waals surface area contributed by atoms with E-state index in [2.05, 4.69) is 43.8 Å². The van der Waals surface area contributed by atoms with Crippen molar-refractivity contribution in [2.24, 2.45) is 0 Å². The van der Waals surface area contributed by atoms with E-state index in [1.54, 1.807) is 25.1 Å². The number of carbonyl (C=O) groups excluding carboxylic acids is 1. The predicted octanol–water partition coefficient (Wildman–Crippen LogP) is 5.88. The van der Waals surface area contributed by atoms with Gasteiger partial charge in [0.05, 0.1) is 18.7 Å². The van der Waals surface area contributed by atoms with E-state index in [1.807, 2.05) is 12.1 Å². The lowest BCUT2D eigenvalue weighted by atomic mass is 10.1. The number of carbonyl (C=O) groups is 1. The lowest BCUT2D eigenvalue weighted by molar-refractivity contribution is -0.152. The highest BCUT2D eigenvalue weighted by Gasteiger charge is 2.41. The minimum absolute atomic E-state index is 0.0301. The molecule has 1 aromatic heterocycles. The Balaban J connectivity index is 2.13. The molecule has 0 radical (unpaired) electrons. The topological polar surface area (TPSA) is 79.8 Å². The van der Waals surface area contributed by atoms with Crippen LogP contribution in [0.15, 0.2) is 36.5 Å². The van der Waals surface area contributed by atoms with Gasteiger partial charge in [0.1, 0.15) is 25.1 Å². The molecule has 0 aliphatic heterocycles. The number of alkyl halides is 3. The Kier molecular flexibility index (Phi) is 10.3. The fourth-order valence-corrected chi connectivity index (χ4v) is 4.13. The molecule has 0 saturated carbocycles. The molecule has 1 atom stereocenters. The van der Waals surface area contributed by atoms with Gasteiger partial charge in [-0.2, -0.15) is 18.2 Å². The van der Waals surface area contributed by atoms with E-state index in [0.29, 0.717) is 11.4 Å². The van der Waals surface area contributed by atoms with E-state index in [9.17, 15) is 18.0 Å². The maximum Gasteiger partial charge on any atom is 0.392 e. The molecule has 36 heavy (non-hydrogen) atoms. The quantitative estimate of drug-likeness (QED) is 0.251. The summed E-state index contributed by atoms with van der Waals surface area (Å²) in [7, 11) is -2.27. The van der Waals surface area contributed by atoms with Crippen LogP contribution >= 0.6 is 0 Å². The molecule has 2 rings (SSSR count). The molecule has 2 aromatic rings. The smallest absolute Gasteiger partial charge is 0.392 e. The van der Waals surface area contributed by atoms with Crippen LogP contribution in [0.25, 0.3) is 0 Å². The second kappa shape index (κ2) is 12.5. The van der Waals surface area contributed by atoms with Crippen LogP contribution in [-0.4, -0.2) is 49.7 Å². The van der Waals surface area contributed by atoms with Crippen molar-refractivity contribution in [3.8, 4) is 11.8 Å². The maximum atomic E-state index is 12.8. The Bertz CT molecular complexity index is 996. The second-order valence-electron chi connectivity index (χ2n) is 9.76. The average molecular weight is 529 g/mol. The molecule has 0 bridgehead atoms. The van der Waals surface area contributed by atoms with Crippen molar-refractivity contribution in [1.29, 1.82) is 0 Å². The highest BCUT2D eigenvalue weighted by molar-refractivity contribution is 6.74. The summed E-state index contributed by atoms with van der Waals surface area (Å²) in [5.41, 5.74) is 1.19. The lowest BCUT2D eigenvalue weighted by Gasteiger charge is -2.38. The number of rotatable bonds is 12. The third kappa shape index (κ3) is 9.42. The number of benzene rings is 1. The van der Waals surface area contributed by atoms with Gasteiger partial charge >= 0.3 is 18.2 Å². The number of hydrogen-bond acceptors (Lipinski definition) is 7. The van der Waals surface area contributed by atoms with Gasteiger partial charge in [-0.15, -0.1) is 0 Å². The van der Waals surface area contributed by atoms with Gasteiger partial charge in [-0.25, -0.2) is 9.78 Å². The molecule has 0 amide bonds. The first-order valence-corrected chi connectivity index (χ1v) is 14.7. The number of hydrogen-bond donors (Lipinski definition) is 0. The van der Waals surface area contributed by atoms with Gasteiger partial charge in [0.2, 0.25) is 0 Å². The summed E-state index contributed by atoms with van der Waals surface area (Å²) >= 11 is 0. The van der Waals surface area contributed by atoms with Crippen molar-refractivity contribution >= 4 is 14.3 Å². The maximum absolute atomic E-state index is 12.8. The van der Waals surface area contributed by atoms with Crippen LogP contribution in [0.1, 0.15) is 45.4 Å². The van der Waals surface area contributed by atoms with E-state index in [-0.39, 0.29) is 30.7 Å². The average Bonchev–Trinajstić information content (AvgIpc) is 2.77. The summed E-state index contributed by atoms with van der Waals surface area (Å²) in [6.45, 7) is 11.9. The van der Waals surface area contributed by atoms with Gasteiger partial charge in [0.15, 0.2) is 8.32 Å². The predicted molar refractivity (Wildman–Crippen MR) is 131 cm³/mol. The van der Waals surface area contributed by atoms with Crippen molar-refractivity contribution in [1.82, 2.24) is 9.97 Å². The summed E-state index contributed by atoms with van der Waals surface area (Å²) in [6, 6.07) is 8.70. The fraction of sp³-hybridized carbons (Fsp3) is 0.560. The van der Waals surface area contributed by atoms with Gasteiger partial charge in [0, 0.05) is 12.6 Å². The lowest BCUT2D eigenvalue weighted by Crippen LogP contribution is -2.47. The van der Waals surface area contributed by atoms with Crippen LogP contribution in [0.2, 0.25) is 18.1 Å². The first-order chi connectivity index (χ1) is 16.7. The second-order valence-corrected chi connectivity index (χ2v) is 14.5. The number of halogens is 3. The van der Waals surface area contributed by atoms with Gasteiger partial charge in [-0.05, 0) is 42.8 Å². The van der Waals surface area contributed by atoms with Crippen molar-refractivity contribution in [3.63, 3.8) is 0 Å². The third-order valence-electron chi connectivity index (χ3n) is 5.85. The molecule has 0 aliphatic rings. The molecule has 1 heterocycles. The zero-order chi connectivity index (χ0) is 27.0. The van der Waals surface area contributed by atoms with Crippen LogP contribution in [0.5, 0.6) is 11.8 Å². The molecule has 0 unspecified atom stereocenters. The molecule has 0 spiro atoms. The molecule has 7 nitrogen and oxygen atoms in total. The molecular weight excluding hydrogens is 493 g/mol. The summed E-state index contributed by atoms with van der Waals surface area (Å²) in [5, 5.41) is -0.0966. The third-order valence-corrected chi connectivity index (χ3v) is 10.3. The zero-order valence-electron chi connectivity index (χ0n) is 21.6. The van der Waals surface area contributed by atoms with Crippen molar-refractivity contribution in [2.75, 3.05) is 13.2 Å². The van der Waals surface area contributed by atoms with E-state index in [4.69, 9.17) is 18.6 Å².